The first-order valence-electron chi connectivity index (χ1n) is 13.0. The summed E-state index contributed by atoms with van der Waals surface area (Å²) < 4.78 is 20.8. The average molecular weight is 450 g/mol. The predicted molar refractivity (Wildman–Crippen MR) is 135 cm³/mol. The molecule has 1 saturated carbocycles. The summed E-state index contributed by atoms with van der Waals surface area (Å²) in [4.78, 5) is 0. The van der Waals surface area contributed by atoms with Crippen LogP contribution in [0.2, 0.25) is 0 Å². The first kappa shape index (κ1) is 25.3. The van der Waals surface area contributed by atoms with Gasteiger partial charge in [-0.05, 0) is 67.6 Å². The van der Waals surface area contributed by atoms with Crippen LogP contribution >= 0.6 is 0 Å². The molecule has 0 bridgehead atoms. The summed E-state index contributed by atoms with van der Waals surface area (Å²) in [6.07, 6.45) is 14.0. The number of nitrogens with zero attached hydrogens (tertiary/aromatic N) is 1. The lowest BCUT2D eigenvalue weighted by molar-refractivity contribution is 0.319. The minimum Gasteiger partial charge on any atom is -0.493 e. The zero-order chi connectivity index (χ0) is 23.6. The van der Waals surface area contributed by atoms with E-state index < -0.39 is 0 Å². The Hall–Kier alpha value is -2.34. The number of benzene rings is 2. The Morgan fingerprint density at radius 2 is 1.64 bits per heavy atom. The minimum atomic E-state index is -0.283. The van der Waals surface area contributed by atoms with Crippen LogP contribution in [-0.2, 0) is 6.42 Å². The van der Waals surface area contributed by atoms with Crippen LogP contribution in [0.5, 0.6) is 5.75 Å². The number of aryl methyl sites for hydroxylation is 1. The Morgan fingerprint density at radius 3 is 2.30 bits per heavy atom. The van der Waals surface area contributed by atoms with Gasteiger partial charge >= 0.3 is 0 Å². The molecule has 0 heterocycles. The highest BCUT2D eigenvalue weighted by molar-refractivity contribution is 5.77. The standard InChI is InChI=1S/C30H40FNO/c1-4-6-7-8-9-10-11-24-16-19-28(30(33-3)29(24)31)27-18-17-25(20-26(27)21-32)23-14-12-22(5-2)13-15-23/h16-20,22-23H,4-15H2,1-3H3. The van der Waals surface area contributed by atoms with Crippen molar-refractivity contribution >= 4 is 0 Å². The van der Waals surface area contributed by atoms with E-state index in [4.69, 9.17) is 4.74 Å². The van der Waals surface area contributed by atoms with E-state index in [1.54, 1.807) is 0 Å². The van der Waals surface area contributed by atoms with Crippen LogP contribution in [0, 0.1) is 23.1 Å². The minimum absolute atomic E-state index is 0.256. The normalized spacial score (nSPS) is 18.2. The van der Waals surface area contributed by atoms with Gasteiger partial charge in [0.1, 0.15) is 0 Å². The van der Waals surface area contributed by atoms with E-state index in [-0.39, 0.29) is 11.6 Å². The second-order valence-corrected chi connectivity index (χ2v) is 9.68. The smallest absolute Gasteiger partial charge is 0.168 e. The molecule has 0 atom stereocenters. The number of unbranched alkanes of at least 4 members (excludes halogenated alkanes) is 5. The summed E-state index contributed by atoms with van der Waals surface area (Å²) in [6.45, 7) is 4.49. The molecule has 0 spiro atoms. The molecule has 1 aliphatic rings. The van der Waals surface area contributed by atoms with Crippen molar-refractivity contribution in [3.05, 3.63) is 52.8 Å². The third-order valence-electron chi connectivity index (χ3n) is 7.53. The molecule has 0 radical (unpaired) electrons. The number of halogens is 1. The van der Waals surface area contributed by atoms with Crippen LogP contribution in [0.1, 0.15) is 107 Å². The Balaban J connectivity index is 1.78. The van der Waals surface area contributed by atoms with Gasteiger partial charge in [0, 0.05) is 11.1 Å². The second kappa shape index (κ2) is 12.8. The van der Waals surface area contributed by atoms with Crippen molar-refractivity contribution in [1.29, 1.82) is 5.26 Å². The second-order valence-electron chi connectivity index (χ2n) is 9.68. The van der Waals surface area contributed by atoms with E-state index in [9.17, 15) is 5.26 Å². The van der Waals surface area contributed by atoms with Gasteiger partial charge in [0.25, 0.3) is 0 Å². The summed E-state index contributed by atoms with van der Waals surface area (Å²) in [7, 11) is 1.52. The third-order valence-corrected chi connectivity index (χ3v) is 7.53. The molecule has 178 valence electrons. The van der Waals surface area contributed by atoms with Gasteiger partial charge < -0.3 is 4.74 Å². The number of ether oxygens (including phenoxy) is 1. The molecule has 0 amide bonds. The highest BCUT2D eigenvalue weighted by Crippen LogP contribution is 2.40. The molecule has 2 aromatic rings. The van der Waals surface area contributed by atoms with Crippen LogP contribution in [-0.4, -0.2) is 7.11 Å². The lowest BCUT2D eigenvalue weighted by atomic mass is 9.77. The molecule has 33 heavy (non-hydrogen) atoms. The topological polar surface area (TPSA) is 33.0 Å². The maximum atomic E-state index is 15.3. The Kier molecular flexibility index (Phi) is 9.79. The van der Waals surface area contributed by atoms with Gasteiger partial charge in [-0.2, -0.15) is 5.26 Å². The molecule has 3 heteroatoms. The monoisotopic (exact) mass is 449 g/mol. The summed E-state index contributed by atoms with van der Waals surface area (Å²) in [5.74, 6) is 1.34. The highest BCUT2D eigenvalue weighted by atomic mass is 19.1. The third kappa shape index (κ3) is 6.38. The zero-order valence-electron chi connectivity index (χ0n) is 20.8. The fourth-order valence-corrected chi connectivity index (χ4v) is 5.34. The van der Waals surface area contributed by atoms with Crippen molar-refractivity contribution in [2.24, 2.45) is 5.92 Å². The molecule has 1 fully saturated rings. The van der Waals surface area contributed by atoms with Gasteiger partial charge in [-0.3, -0.25) is 0 Å². The average Bonchev–Trinajstić information content (AvgIpc) is 2.86. The molecule has 0 aliphatic heterocycles. The van der Waals surface area contributed by atoms with Gasteiger partial charge in [0.2, 0.25) is 0 Å². The maximum Gasteiger partial charge on any atom is 0.168 e. The summed E-state index contributed by atoms with van der Waals surface area (Å²) in [5, 5.41) is 9.89. The van der Waals surface area contributed by atoms with Crippen LogP contribution < -0.4 is 4.74 Å². The molecule has 2 nitrogen and oxygen atoms in total. The van der Waals surface area contributed by atoms with E-state index in [0.717, 1.165) is 30.7 Å². The predicted octanol–water partition coefficient (Wildman–Crippen LogP) is 8.96. The quantitative estimate of drug-likeness (QED) is 0.321. The summed E-state index contributed by atoms with van der Waals surface area (Å²) >= 11 is 0. The number of hydrogen-bond acceptors (Lipinski definition) is 2. The lowest BCUT2D eigenvalue weighted by Crippen LogP contribution is -2.12. The lowest BCUT2D eigenvalue weighted by Gasteiger charge is -2.28. The van der Waals surface area contributed by atoms with Crippen LogP contribution in [0.3, 0.4) is 0 Å². The maximum absolute atomic E-state index is 15.3. The number of nitriles is 1. The van der Waals surface area contributed by atoms with E-state index in [2.05, 4.69) is 26.0 Å². The van der Waals surface area contributed by atoms with E-state index >= 15 is 4.39 Å². The van der Waals surface area contributed by atoms with Crippen molar-refractivity contribution in [1.82, 2.24) is 0 Å². The summed E-state index contributed by atoms with van der Waals surface area (Å²) in [5.41, 5.74) is 3.97. The molecular formula is C30H40FNO. The largest absolute Gasteiger partial charge is 0.493 e. The van der Waals surface area contributed by atoms with Gasteiger partial charge in [0.05, 0.1) is 18.7 Å². The van der Waals surface area contributed by atoms with Gasteiger partial charge in [-0.25, -0.2) is 4.39 Å². The van der Waals surface area contributed by atoms with Crippen LogP contribution in [0.15, 0.2) is 30.3 Å². The number of rotatable bonds is 11. The molecular weight excluding hydrogens is 409 g/mol. The molecule has 3 rings (SSSR count). The fraction of sp³-hybridized carbons (Fsp3) is 0.567. The molecule has 0 N–H and O–H groups in total. The van der Waals surface area contributed by atoms with Crippen LogP contribution in [0.25, 0.3) is 11.1 Å². The van der Waals surface area contributed by atoms with E-state index in [0.29, 0.717) is 22.6 Å². The molecule has 0 aromatic heterocycles. The Bertz CT molecular complexity index is 937. The van der Waals surface area contributed by atoms with Crippen molar-refractivity contribution in [2.45, 2.75) is 96.8 Å². The molecule has 1 aliphatic carbocycles. The zero-order valence-corrected chi connectivity index (χ0v) is 20.8. The Morgan fingerprint density at radius 1 is 0.939 bits per heavy atom. The first-order valence-corrected chi connectivity index (χ1v) is 13.0. The van der Waals surface area contributed by atoms with Crippen molar-refractivity contribution in [3.8, 4) is 22.9 Å². The molecule has 0 saturated heterocycles. The molecule has 2 aromatic carbocycles. The number of hydrogen-bond donors (Lipinski definition) is 0. The van der Waals surface area contributed by atoms with Gasteiger partial charge in [-0.1, -0.05) is 76.6 Å². The molecule has 0 unspecified atom stereocenters. The first-order chi connectivity index (χ1) is 16.1. The SMILES string of the molecule is CCCCCCCCc1ccc(-c2ccc(C3CCC(CC)CC3)cc2C#N)c(OC)c1F. The van der Waals surface area contributed by atoms with Gasteiger partial charge in [-0.15, -0.1) is 0 Å². The fourth-order valence-electron chi connectivity index (χ4n) is 5.34. The van der Waals surface area contributed by atoms with Gasteiger partial charge in [0.15, 0.2) is 11.6 Å². The van der Waals surface area contributed by atoms with Crippen molar-refractivity contribution in [3.63, 3.8) is 0 Å². The van der Waals surface area contributed by atoms with E-state index in [1.807, 2.05) is 24.3 Å². The highest BCUT2D eigenvalue weighted by Gasteiger charge is 2.23. The summed E-state index contributed by atoms with van der Waals surface area (Å²) in [6, 6.07) is 12.3. The van der Waals surface area contributed by atoms with Crippen molar-refractivity contribution < 1.29 is 9.13 Å². The number of methoxy groups -OCH3 is 1. The Labute approximate surface area is 200 Å². The van der Waals surface area contributed by atoms with E-state index in [1.165, 1.54) is 70.5 Å². The van der Waals surface area contributed by atoms with Crippen molar-refractivity contribution in [2.75, 3.05) is 7.11 Å². The van der Waals surface area contributed by atoms with Crippen LogP contribution in [0.4, 0.5) is 4.39 Å².